The highest BCUT2D eigenvalue weighted by atomic mass is 16.4. The van der Waals surface area contributed by atoms with Gasteiger partial charge in [0.2, 0.25) is 0 Å². The lowest BCUT2D eigenvalue weighted by molar-refractivity contribution is 0.0686. The molecule has 0 fully saturated rings. The second kappa shape index (κ2) is 13.9. The van der Waals surface area contributed by atoms with Crippen LogP contribution in [0.2, 0.25) is 0 Å². The largest absolute Gasteiger partial charge is 0.507 e. The van der Waals surface area contributed by atoms with Crippen LogP contribution in [0.3, 0.4) is 0 Å². The molecule has 0 aliphatic rings. The van der Waals surface area contributed by atoms with E-state index >= 15 is 0 Å². The summed E-state index contributed by atoms with van der Waals surface area (Å²) in [4.78, 5) is 33.9. The van der Waals surface area contributed by atoms with Crippen molar-refractivity contribution in [2.45, 2.75) is 0 Å². The predicted molar refractivity (Wildman–Crippen MR) is 202 cm³/mol. The van der Waals surface area contributed by atoms with Gasteiger partial charge >= 0.3 is 17.9 Å². The van der Waals surface area contributed by atoms with Gasteiger partial charge in [0.25, 0.3) is 0 Å². The van der Waals surface area contributed by atoms with Crippen LogP contribution in [0.25, 0.3) is 66.8 Å². The number of aromatic carboxylic acids is 3. The average molecular weight is 683 g/mol. The Morgan fingerprint density at radius 2 is 0.481 bits per heavy atom. The molecule has 7 aromatic carbocycles. The van der Waals surface area contributed by atoms with Crippen molar-refractivity contribution in [2.75, 3.05) is 0 Å². The van der Waals surface area contributed by atoms with Gasteiger partial charge in [-0.05, 0) is 104 Å². The number of phenolic OH excluding ortho intramolecular Hbond substituents is 1. The van der Waals surface area contributed by atoms with Crippen LogP contribution in [-0.4, -0.2) is 38.3 Å². The third-order valence-electron chi connectivity index (χ3n) is 9.12. The van der Waals surface area contributed by atoms with Gasteiger partial charge in [-0.1, -0.05) is 109 Å². The molecule has 7 rings (SSSR count). The highest BCUT2D eigenvalue weighted by Crippen LogP contribution is 2.43. The normalized spacial score (nSPS) is 10.8. The molecule has 0 aliphatic carbocycles. The first-order chi connectivity index (χ1) is 25.1. The number of rotatable bonds is 9. The topological polar surface area (TPSA) is 132 Å². The smallest absolute Gasteiger partial charge is 0.335 e. The van der Waals surface area contributed by atoms with Gasteiger partial charge in [-0.25, -0.2) is 14.4 Å². The van der Waals surface area contributed by atoms with Crippen LogP contribution in [0, 0.1) is 0 Å². The molecular formula is C45H30O7. The van der Waals surface area contributed by atoms with Crippen LogP contribution in [-0.2, 0) is 0 Å². The SMILES string of the molecule is O=C(O)c1ccc(-c2ccc(-c3cc(-c4ccc(-c5ccc(C(=O)O)cc5)cc4)c(O)c(-c4ccc(-c5ccc(C(=O)O)cc5)cc4)c3)cc2)cc1. The number of hydrogen-bond donors (Lipinski definition) is 4. The molecule has 4 N–H and O–H groups in total. The number of hydrogen-bond acceptors (Lipinski definition) is 4. The van der Waals surface area contributed by atoms with E-state index < -0.39 is 17.9 Å². The van der Waals surface area contributed by atoms with Crippen LogP contribution < -0.4 is 0 Å². The van der Waals surface area contributed by atoms with Crippen LogP contribution in [0.5, 0.6) is 5.75 Å². The number of carboxylic acids is 3. The van der Waals surface area contributed by atoms with E-state index in [4.69, 9.17) is 0 Å². The molecular weight excluding hydrogens is 652 g/mol. The Bertz CT molecular complexity index is 2310. The highest BCUT2D eigenvalue weighted by Gasteiger charge is 2.16. The fourth-order valence-electron chi connectivity index (χ4n) is 6.20. The van der Waals surface area contributed by atoms with Gasteiger partial charge in [0.1, 0.15) is 5.75 Å². The third kappa shape index (κ3) is 6.79. The maximum atomic E-state index is 11.8. The minimum Gasteiger partial charge on any atom is -0.507 e. The van der Waals surface area contributed by atoms with E-state index in [1.165, 1.54) is 0 Å². The van der Waals surface area contributed by atoms with E-state index in [1.54, 1.807) is 72.8 Å². The molecule has 0 bridgehead atoms. The first kappa shape index (κ1) is 33.3. The number of benzene rings is 7. The molecule has 0 spiro atoms. The Morgan fingerprint density at radius 1 is 0.288 bits per heavy atom. The lowest BCUT2D eigenvalue weighted by Gasteiger charge is -2.16. The molecule has 0 amide bonds. The monoisotopic (exact) mass is 682 g/mol. The van der Waals surface area contributed by atoms with E-state index in [2.05, 4.69) is 0 Å². The van der Waals surface area contributed by atoms with Gasteiger partial charge in [0.15, 0.2) is 0 Å². The lowest BCUT2D eigenvalue weighted by Crippen LogP contribution is -1.95. The molecule has 7 heteroatoms. The fraction of sp³-hybridized carbons (Fsp3) is 0. The van der Waals surface area contributed by atoms with Gasteiger partial charge < -0.3 is 20.4 Å². The summed E-state index contributed by atoms with van der Waals surface area (Å²) in [6, 6.07) is 47.4. The second-order valence-electron chi connectivity index (χ2n) is 12.3. The highest BCUT2D eigenvalue weighted by molar-refractivity contribution is 5.91. The van der Waals surface area contributed by atoms with Crippen LogP contribution in [0.4, 0.5) is 0 Å². The summed E-state index contributed by atoms with van der Waals surface area (Å²) in [7, 11) is 0. The summed E-state index contributed by atoms with van der Waals surface area (Å²) >= 11 is 0. The Hall–Kier alpha value is -7.25. The first-order valence-corrected chi connectivity index (χ1v) is 16.3. The molecule has 252 valence electrons. The molecule has 0 saturated carbocycles. The van der Waals surface area contributed by atoms with Crippen molar-refractivity contribution in [2.24, 2.45) is 0 Å². The summed E-state index contributed by atoms with van der Waals surface area (Å²) in [5.41, 5.74) is 10.6. The molecule has 0 radical (unpaired) electrons. The van der Waals surface area contributed by atoms with Gasteiger partial charge in [-0.15, -0.1) is 0 Å². The molecule has 52 heavy (non-hydrogen) atoms. The standard InChI is InChI=1S/C45H30O7/c46-42-40(34-15-5-28(6-16-34)31-11-21-37(22-12-31)44(49)50)25-39(33-3-1-27(2-4-33)30-9-19-36(20-10-30)43(47)48)26-41(42)35-17-7-29(8-18-35)32-13-23-38(24-14-32)45(51)52/h1-26,46H,(H,47,48)(H,49,50)(H,51,52). The van der Waals surface area contributed by atoms with Crippen molar-refractivity contribution >= 4 is 17.9 Å². The summed E-state index contributed by atoms with van der Waals surface area (Å²) in [5.74, 6) is -2.84. The summed E-state index contributed by atoms with van der Waals surface area (Å²) in [6.45, 7) is 0. The minimum absolute atomic E-state index is 0.107. The predicted octanol–water partition coefficient (Wildman–Crippen LogP) is 10.5. The van der Waals surface area contributed by atoms with Gasteiger partial charge in [-0.3, -0.25) is 0 Å². The molecule has 0 heterocycles. The molecule has 7 aromatic rings. The number of aromatic hydroxyl groups is 1. The van der Waals surface area contributed by atoms with E-state index in [9.17, 15) is 34.8 Å². The Balaban J connectivity index is 1.27. The van der Waals surface area contributed by atoms with Crippen molar-refractivity contribution < 1.29 is 34.8 Å². The molecule has 7 nitrogen and oxygen atoms in total. The summed E-state index contributed by atoms with van der Waals surface area (Å²) in [5, 5.41) is 39.6. The molecule has 0 aliphatic heterocycles. The maximum Gasteiger partial charge on any atom is 0.335 e. The van der Waals surface area contributed by atoms with Crippen molar-refractivity contribution in [3.8, 4) is 72.5 Å². The zero-order valence-corrected chi connectivity index (χ0v) is 27.5. The van der Waals surface area contributed by atoms with Crippen molar-refractivity contribution in [3.63, 3.8) is 0 Å². The van der Waals surface area contributed by atoms with Crippen LogP contribution >= 0.6 is 0 Å². The average Bonchev–Trinajstić information content (AvgIpc) is 3.18. The Morgan fingerprint density at radius 3 is 0.712 bits per heavy atom. The van der Waals surface area contributed by atoms with Gasteiger partial charge in [0.05, 0.1) is 16.7 Å². The third-order valence-corrected chi connectivity index (χ3v) is 9.12. The molecule has 0 unspecified atom stereocenters. The van der Waals surface area contributed by atoms with E-state index in [-0.39, 0.29) is 22.4 Å². The van der Waals surface area contributed by atoms with Gasteiger partial charge in [0, 0.05) is 11.1 Å². The Kier molecular flexibility index (Phi) is 8.91. The van der Waals surface area contributed by atoms with E-state index in [1.807, 2.05) is 84.9 Å². The van der Waals surface area contributed by atoms with E-state index in [0.717, 1.165) is 55.6 Å². The number of phenols is 1. The molecule has 0 atom stereocenters. The second-order valence-corrected chi connectivity index (χ2v) is 12.3. The fourth-order valence-corrected chi connectivity index (χ4v) is 6.20. The Labute approximate surface area is 299 Å². The number of carbonyl (C=O) groups is 3. The quantitative estimate of drug-likeness (QED) is 0.119. The number of carboxylic acid groups (broad SMARTS) is 3. The zero-order valence-electron chi connectivity index (χ0n) is 27.5. The first-order valence-electron chi connectivity index (χ1n) is 16.3. The van der Waals surface area contributed by atoms with Gasteiger partial charge in [-0.2, -0.15) is 0 Å². The van der Waals surface area contributed by atoms with Crippen LogP contribution in [0.15, 0.2) is 158 Å². The lowest BCUT2D eigenvalue weighted by atomic mass is 9.90. The van der Waals surface area contributed by atoms with E-state index in [0.29, 0.717) is 11.1 Å². The van der Waals surface area contributed by atoms with Crippen molar-refractivity contribution in [3.05, 3.63) is 174 Å². The summed E-state index contributed by atoms with van der Waals surface area (Å²) in [6.07, 6.45) is 0. The molecule has 0 saturated heterocycles. The zero-order chi connectivity index (χ0) is 36.4. The maximum absolute atomic E-state index is 11.8. The van der Waals surface area contributed by atoms with Crippen molar-refractivity contribution in [1.29, 1.82) is 0 Å². The van der Waals surface area contributed by atoms with Crippen LogP contribution in [0.1, 0.15) is 31.1 Å². The minimum atomic E-state index is -0.985. The molecule has 0 aromatic heterocycles. The summed E-state index contributed by atoms with van der Waals surface area (Å²) < 4.78 is 0. The van der Waals surface area contributed by atoms with Crippen molar-refractivity contribution in [1.82, 2.24) is 0 Å².